The standard InChI is InChI=1S/C20H20N6S/c1-14-6-8-16(9-7-14)26-20(22-23-24-26)25-12-10-15(11-13-25)19-21-17-4-2-3-5-18(17)27-19/h2-9,15H,10-13H2,1H3. The molecule has 0 radical (unpaired) electrons. The Hall–Kier alpha value is -2.80. The van der Waals surface area contributed by atoms with Crippen LogP contribution in [0.5, 0.6) is 0 Å². The van der Waals surface area contributed by atoms with Crippen LogP contribution in [0.2, 0.25) is 0 Å². The number of hydrogen-bond acceptors (Lipinski definition) is 6. The quantitative estimate of drug-likeness (QED) is 0.542. The Bertz CT molecular complexity index is 1030. The van der Waals surface area contributed by atoms with E-state index >= 15 is 0 Å². The molecule has 1 aliphatic heterocycles. The van der Waals surface area contributed by atoms with Crippen LogP contribution in [0.4, 0.5) is 5.95 Å². The molecule has 3 heterocycles. The Labute approximate surface area is 161 Å². The third-order valence-corrected chi connectivity index (χ3v) is 6.37. The number of anilines is 1. The lowest BCUT2D eigenvalue weighted by molar-refractivity contribution is 0.495. The first-order valence-electron chi connectivity index (χ1n) is 9.24. The van der Waals surface area contributed by atoms with Gasteiger partial charge >= 0.3 is 0 Å². The van der Waals surface area contributed by atoms with Gasteiger partial charge in [0.15, 0.2) is 0 Å². The van der Waals surface area contributed by atoms with Gasteiger partial charge in [-0.05, 0) is 54.5 Å². The smallest absolute Gasteiger partial charge is 0.250 e. The number of aryl methyl sites for hydroxylation is 1. The molecule has 5 rings (SSSR count). The highest BCUT2D eigenvalue weighted by atomic mass is 32.1. The first-order chi connectivity index (χ1) is 13.3. The normalized spacial score (nSPS) is 15.5. The molecule has 2 aromatic carbocycles. The van der Waals surface area contributed by atoms with Crippen LogP contribution in [0.1, 0.15) is 29.3 Å². The van der Waals surface area contributed by atoms with Crippen molar-refractivity contribution in [3.63, 3.8) is 0 Å². The fourth-order valence-corrected chi connectivity index (χ4v) is 4.76. The van der Waals surface area contributed by atoms with Crippen molar-refractivity contribution in [3.05, 3.63) is 59.1 Å². The number of tetrazole rings is 1. The maximum absolute atomic E-state index is 4.85. The molecular weight excluding hydrogens is 356 g/mol. The molecule has 0 saturated carbocycles. The predicted molar refractivity (Wildman–Crippen MR) is 108 cm³/mol. The number of rotatable bonds is 3. The number of fused-ring (bicyclic) bond motifs is 1. The number of benzene rings is 2. The summed E-state index contributed by atoms with van der Waals surface area (Å²) in [5, 5.41) is 13.7. The van der Waals surface area contributed by atoms with E-state index < -0.39 is 0 Å². The first kappa shape index (κ1) is 16.4. The summed E-state index contributed by atoms with van der Waals surface area (Å²) in [6.45, 7) is 3.96. The highest BCUT2D eigenvalue weighted by molar-refractivity contribution is 7.18. The molecule has 136 valence electrons. The average Bonchev–Trinajstić information content (AvgIpc) is 3.36. The van der Waals surface area contributed by atoms with Crippen LogP contribution >= 0.6 is 11.3 Å². The van der Waals surface area contributed by atoms with Gasteiger partial charge in [-0.2, -0.15) is 4.68 Å². The summed E-state index contributed by atoms with van der Waals surface area (Å²) in [7, 11) is 0. The van der Waals surface area contributed by atoms with Crippen molar-refractivity contribution < 1.29 is 0 Å². The third kappa shape index (κ3) is 3.08. The van der Waals surface area contributed by atoms with Gasteiger partial charge in [-0.1, -0.05) is 34.9 Å². The van der Waals surface area contributed by atoms with E-state index in [1.807, 2.05) is 16.0 Å². The van der Waals surface area contributed by atoms with Crippen molar-refractivity contribution >= 4 is 27.5 Å². The van der Waals surface area contributed by atoms with Crippen molar-refractivity contribution in [2.24, 2.45) is 0 Å². The Morgan fingerprint density at radius 2 is 1.78 bits per heavy atom. The molecular formula is C20H20N6S. The maximum Gasteiger partial charge on any atom is 0.250 e. The Morgan fingerprint density at radius 1 is 1.00 bits per heavy atom. The van der Waals surface area contributed by atoms with Gasteiger partial charge in [0, 0.05) is 19.0 Å². The fraction of sp³-hybridized carbons (Fsp3) is 0.300. The second kappa shape index (κ2) is 6.74. The van der Waals surface area contributed by atoms with Crippen LogP contribution in [0, 0.1) is 6.92 Å². The zero-order valence-electron chi connectivity index (χ0n) is 15.1. The molecule has 27 heavy (non-hydrogen) atoms. The minimum atomic E-state index is 0.516. The molecule has 0 aliphatic carbocycles. The third-order valence-electron chi connectivity index (χ3n) is 5.17. The van der Waals surface area contributed by atoms with Gasteiger partial charge in [0.1, 0.15) is 0 Å². The van der Waals surface area contributed by atoms with Crippen molar-refractivity contribution in [2.45, 2.75) is 25.7 Å². The van der Waals surface area contributed by atoms with Crippen LogP contribution in [-0.2, 0) is 0 Å². The van der Waals surface area contributed by atoms with Crippen molar-refractivity contribution in [1.82, 2.24) is 25.2 Å². The summed E-state index contributed by atoms with van der Waals surface area (Å²) in [6.07, 6.45) is 2.14. The van der Waals surface area contributed by atoms with Crippen LogP contribution in [0.15, 0.2) is 48.5 Å². The van der Waals surface area contributed by atoms with Gasteiger partial charge in [-0.3, -0.25) is 0 Å². The van der Waals surface area contributed by atoms with Gasteiger partial charge in [0.25, 0.3) is 0 Å². The van der Waals surface area contributed by atoms with Crippen LogP contribution < -0.4 is 4.90 Å². The first-order valence-corrected chi connectivity index (χ1v) is 10.1. The molecule has 0 N–H and O–H groups in total. The van der Waals surface area contributed by atoms with E-state index in [0.717, 1.165) is 43.1 Å². The summed E-state index contributed by atoms with van der Waals surface area (Å²) >= 11 is 1.83. The fourth-order valence-electron chi connectivity index (χ4n) is 3.62. The minimum absolute atomic E-state index is 0.516. The van der Waals surface area contributed by atoms with Crippen molar-refractivity contribution in [1.29, 1.82) is 0 Å². The molecule has 2 aromatic heterocycles. The molecule has 0 amide bonds. The molecule has 0 bridgehead atoms. The van der Waals surface area contributed by atoms with Crippen molar-refractivity contribution in [3.8, 4) is 5.69 Å². The number of aromatic nitrogens is 5. The summed E-state index contributed by atoms with van der Waals surface area (Å²) in [6, 6.07) is 16.7. The van der Waals surface area contributed by atoms with E-state index in [9.17, 15) is 0 Å². The lowest BCUT2D eigenvalue weighted by atomic mass is 9.98. The maximum atomic E-state index is 4.85. The minimum Gasteiger partial charge on any atom is -0.339 e. The van der Waals surface area contributed by atoms with Gasteiger partial charge < -0.3 is 4.90 Å². The van der Waals surface area contributed by atoms with Crippen LogP contribution in [0.25, 0.3) is 15.9 Å². The van der Waals surface area contributed by atoms with Gasteiger partial charge in [0.2, 0.25) is 5.95 Å². The summed E-state index contributed by atoms with van der Waals surface area (Å²) < 4.78 is 3.11. The molecule has 7 heteroatoms. The zero-order chi connectivity index (χ0) is 18.2. The molecule has 0 spiro atoms. The monoisotopic (exact) mass is 376 g/mol. The molecule has 1 aliphatic rings. The summed E-state index contributed by atoms with van der Waals surface area (Å²) in [5.41, 5.74) is 3.34. The number of thiazole rings is 1. The largest absolute Gasteiger partial charge is 0.339 e. The van der Waals surface area contributed by atoms with E-state index in [-0.39, 0.29) is 0 Å². The lowest BCUT2D eigenvalue weighted by Crippen LogP contribution is -2.34. The van der Waals surface area contributed by atoms with Gasteiger partial charge in [-0.15, -0.1) is 11.3 Å². The van der Waals surface area contributed by atoms with E-state index in [1.165, 1.54) is 15.3 Å². The summed E-state index contributed by atoms with van der Waals surface area (Å²) in [5.74, 6) is 1.34. The molecule has 0 atom stereocenters. The molecule has 1 fully saturated rings. The molecule has 6 nitrogen and oxygen atoms in total. The number of piperidine rings is 1. The predicted octanol–water partition coefficient (Wildman–Crippen LogP) is 3.96. The lowest BCUT2D eigenvalue weighted by Gasteiger charge is -2.31. The SMILES string of the molecule is Cc1ccc(-n2nnnc2N2CCC(c3nc4ccccc4s3)CC2)cc1. The van der Waals surface area contributed by atoms with E-state index in [4.69, 9.17) is 4.98 Å². The highest BCUT2D eigenvalue weighted by Crippen LogP contribution is 2.34. The molecule has 0 unspecified atom stereocenters. The highest BCUT2D eigenvalue weighted by Gasteiger charge is 2.26. The number of hydrogen-bond donors (Lipinski definition) is 0. The van der Waals surface area contributed by atoms with Crippen molar-refractivity contribution in [2.75, 3.05) is 18.0 Å². The molecule has 1 saturated heterocycles. The van der Waals surface area contributed by atoms with E-state index in [2.05, 4.69) is 75.9 Å². The topological polar surface area (TPSA) is 59.7 Å². The Morgan fingerprint density at radius 3 is 2.56 bits per heavy atom. The van der Waals surface area contributed by atoms with Gasteiger partial charge in [0.05, 0.1) is 20.9 Å². The average molecular weight is 376 g/mol. The van der Waals surface area contributed by atoms with E-state index in [0.29, 0.717) is 5.92 Å². The van der Waals surface area contributed by atoms with Crippen LogP contribution in [0.3, 0.4) is 0 Å². The van der Waals surface area contributed by atoms with E-state index in [1.54, 1.807) is 0 Å². The second-order valence-corrected chi connectivity index (χ2v) is 8.07. The Kier molecular flexibility index (Phi) is 4.09. The van der Waals surface area contributed by atoms with Gasteiger partial charge in [-0.25, -0.2) is 4.98 Å². The zero-order valence-corrected chi connectivity index (χ0v) is 15.9. The second-order valence-electron chi connectivity index (χ2n) is 7.01. The Balaban J connectivity index is 1.34. The summed E-state index contributed by atoms with van der Waals surface area (Å²) in [4.78, 5) is 7.13. The number of para-hydroxylation sites is 1. The van der Waals surface area contributed by atoms with Crippen LogP contribution in [-0.4, -0.2) is 38.3 Å². The number of nitrogens with zero attached hydrogens (tertiary/aromatic N) is 6. The molecule has 4 aromatic rings.